The van der Waals surface area contributed by atoms with Gasteiger partial charge in [0.1, 0.15) is 6.61 Å². The maximum absolute atomic E-state index is 12.5. The molecule has 1 aromatic heterocycles. The summed E-state index contributed by atoms with van der Waals surface area (Å²) >= 11 is 0. The zero-order chi connectivity index (χ0) is 15.4. The van der Waals surface area contributed by atoms with Crippen molar-refractivity contribution in [3.63, 3.8) is 0 Å². The highest BCUT2D eigenvalue weighted by Gasteiger charge is 2.29. The smallest absolute Gasteiger partial charge is 0.252 e. The predicted molar refractivity (Wildman–Crippen MR) is 80.0 cm³/mol. The molecule has 0 bridgehead atoms. The quantitative estimate of drug-likeness (QED) is 0.854. The van der Waals surface area contributed by atoms with E-state index in [2.05, 4.69) is 10.1 Å². The normalized spacial score (nSPS) is 21.2. The van der Waals surface area contributed by atoms with Crippen molar-refractivity contribution in [1.29, 1.82) is 0 Å². The van der Waals surface area contributed by atoms with Crippen molar-refractivity contribution >= 4 is 5.91 Å². The van der Waals surface area contributed by atoms with Crippen LogP contribution in [-0.4, -0.2) is 40.1 Å². The van der Waals surface area contributed by atoms with Gasteiger partial charge in [0.2, 0.25) is 5.91 Å². The number of likely N-dealkylation sites (tertiary alicyclic amines) is 1. The van der Waals surface area contributed by atoms with E-state index in [1.54, 1.807) is 6.92 Å². The van der Waals surface area contributed by atoms with Crippen LogP contribution in [-0.2, 0) is 16.1 Å². The molecule has 1 saturated heterocycles. The lowest BCUT2D eigenvalue weighted by molar-refractivity contribution is -0.139. The fourth-order valence-corrected chi connectivity index (χ4v) is 3.44. The van der Waals surface area contributed by atoms with E-state index >= 15 is 0 Å². The molecular weight excluding hydrogens is 282 g/mol. The van der Waals surface area contributed by atoms with Gasteiger partial charge < -0.3 is 14.2 Å². The van der Waals surface area contributed by atoms with E-state index in [1.807, 2.05) is 4.90 Å². The topological polar surface area (TPSA) is 68.5 Å². The summed E-state index contributed by atoms with van der Waals surface area (Å²) in [6, 6.07) is 0. The minimum atomic E-state index is 0.183. The Hall–Kier alpha value is -1.43. The van der Waals surface area contributed by atoms with E-state index in [1.165, 1.54) is 19.3 Å². The largest absolute Gasteiger partial charge is 0.368 e. The SMILES string of the molecule is Cc1noc(COC2CCN(C(=O)C3CCCCC3)CC2)n1. The van der Waals surface area contributed by atoms with Gasteiger partial charge in [-0.15, -0.1) is 0 Å². The summed E-state index contributed by atoms with van der Waals surface area (Å²) in [5.41, 5.74) is 0. The average molecular weight is 307 g/mol. The van der Waals surface area contributed by atoms with Crippen LogP contribution in [0, 0.1) is 12.8 Å². The van der Waals surface area contributed by atoms with Crippen molar-refractivity contribution in [3.8, 4) is 0 Å². The van der Waals surface area contributed by atoms with Gasteiger partial charge in [-0.3, -0.25) is 4.79 Å². The monoisotopic (exact) mass is 307 g/mol. The second-order valence-corrected chi connectivity index (χ2v) is 6.41. The van der Waals surface area contributed by atoms with Crippen LogP contribution in [0.15, 0.2) is 4.52 Å². The molecule has 6 heteroatoms. The number of piperidine rings is 1. The number of amides is 1. The fraction of sp³-hybridized carbons (Fsp3) is 0.812. The van der Waals surface area contributed by atoms with Gasteiger partial charge in [-0.25, -0.2) is 0 Å². The maximum atomic E-state index is 12.5. The average Bonchev–Trinajstić information content (AvgIpc) is 2.99. The molecule has 2 aliphatic rings. The van der Waals surface area contributed by atoms with Crippen molar-refractivity contribution < 1.29 is 14.1 Å². The summed E-state index contributed by atoms with van der Waals surface area (Å²) in [5, 5.41) is 3.75. The molecule has 122 valence electrons. The lowest BCUT2D eigenvalue weighted by Gasteiger charge is -2.35. The Morgan fingerprint density at radius 2 is 1.95 bits per heavy atom. The molecule has 22 heavy (non-hydrogen) atoms. The molecule has 2 heterocycles. The Labute approximate surface area is 131 Å². The molecule has 3 rings (SSSR count). The third-order valence-electron chi connectivity index (χ3n) is 4.72. The predicted octanol–water partition coefficient (Wildman–Crippen LogP) is 2.47. The molecule has 1 aliphatic heterocycles. The fourth-order valence-electron chi connectivity index (χ4n) is 3.44. The minimum absolute atomic E-state index is 0.183. The van der Waals surface area contributed by atoms with Gasteiger partial charge in [0.25, 0.3) is 5.89 Å². The number of rotatable bonds is 4. The number of ether oxygens (including phenoxy) is 1. The molecule has 1 aliphatic carbocycles. The van der Waals surface area contributed by atoms with Gasteiger partial charge in [0.15, 0.2) is 5.82 Å². The summed E-state index contributed by atoms with van der Waals surface area (Å²) in [5.74, 6) is 1.79. The second-order valence-electron chi connectivity index (χ2n) is 6.41. The number of aromatic nitrogens is 2. The first-order chi connectivity index (χ1) is 10.7. The number of aryl methyl sites for hydroxylation is 1. The van der Waals surface area contributed by atoms with Gasteiger partial charge >= 0.3 is 0 Å². The first-order valence-electron chi connectivity index (χ1n) is 8.42. The summed E-state index contributed by atoms with van der Waals surface area (Å²) in [6.07, 6.45) is 7.82. The van der Waals surface area contributed by atoms with Crippen LogP contribution in [0.2, 0.25) is 0 Å². The molecular formula is C16H25N3O3. The van der Waals surface area contributed by atoms with E-state index in [4.69, 9.17) is 9.26 Å². The molecule has 0 N–H and O–H groups in total. The summed E-state index contributed by atoms with van der Waals surface area (Å²) in [4.78, 5) is 18.7. The van der Waals surface area contributed by atoms with Crippen LogP contribution in [0.25, 0.3) is 0 Å². The van der Waals surface area contributed by atoms with E-state index in [9.17, 15) is 4.79 Å². The van der Waals surface area contributed by atoms with E-state index in [0.29, 0.717) is 24.2 Å². The number of nitrogens with zero attached hydrogens (tertiary/aromatic N) is 3. The zero-order valence-electron chi connectivity index (χ0n) is 13.3. The van der Waals surface area contributed by atoms with Gasteiger partial charge in [-0.05, 0) is 32.6 Å². The summed E-state index contributed by atoms with van der Waals surface area (Å²) in [7, 11) is 0. The van der Waals surface area contributed by atoms with Crippen molar-refractivity contribution in [2.45, 2.75) is 64.6 Å². The van der Waals surface area contributed by atoms with Gasteiger partial charge in [0, 0.05) is 19.0 Å². The Kier molecular flexibility index (Phi) is 5.08. The third kappa shape index (κ3) is 3.85. The molecule has 1 saturated carbocycles. The number of carbonyl (C=O) groups is 1. The maximum Gasteiger partial charge on any atom is 0.252 e. The first kappa shape index (κ1) is 15.5. The number of hydrogen-bond donors (Lipinski definition) is 0. The zero-order valence-corrected chi connectivity index (χ0v) is 13.3. The third-order valence-corrected chi connectivity index (χ3v) is 4.72. The highest BCUT2D eigenvalue weighted by molar-refractivity contribution is 5.79. The Balaban J connectivity index is 1.41. The molecule has 0 aromatic carbocycles. The van der Waals surface area contributed by atoms with Crippen molar-refractivity contribution in [2.75, 3.05) is 13.1 Å². The lowest BCUT2D eigenvalue weighted by atomic mass is 9.88. The van der Waals surface area contributed by atoms with Crippen LogP contribution >= 0.6 is 0 Å². The number of carbonyl (C=O) groups excluding carboxylic acids is 1. The molecule has 0 unspecified atom stereocenters. The van der Waals surface area contributed by atoms with Crippen LogP contribution < -0.4 is 0 Å². The van der Waals surface area contributed by atoms with Crippen molar-refractivity contribution in [2.24, 2.45) is 5.92 Å². The van der Waals surface area contributed by atoms with Gasteiger partial charge in [0.05, 0.1) is 6.10 Å². The Morgan fingerprint density at radius 3 is 2.59 bits per heavy atom. The highest BCUT2D eigenvalue weighted by atomic mass is 16.5. The number of hydrogen-bond acceptors (Lipinski definition) is 5. The van der Waals surface area contributed by atoms with E-state index in [-0.39, 0.29) is 12.0 Å². The Bertz CT molecular complexity index is 489. The minimum Gasteiger partial charge on any atom is -0.368 e. The van der Waals surface area contributed by atoms with Crippen LogP contribution in [0.5, 0.6) is 0 Å². The summed E-state index contributed by atoms with van der Waals surface area (Å²) in [6.45, 7) is 3.77. The van der Waals surface area contributed by atoms with Crippen molar-refractivity contribution in [3.05, 3.63) is 11.7 Å². The van der Waals surface area contributed by atoms with Gasteiger partial charge in [-0.1, -0.05) is 24.4 Å². The molecule has 6 nitrogen and oxygen atoms in total. The summed E-state index contributed by atoms with van der Waals surface area (Å²) < 4.78 is 10.9. The van der Waals surface area contributed by atoms with Crippen molar-refractivity contribution in [1.82, 2.24) is 15.0 Å². The van der Waals surface area contributed by atoms with E-state index in [0.717, 1.165) is 38.8 Å². The molecule has 1 aromatic rings. The lowest BCUT2D eigenvalue weighted by Crippen LogP contribution is -2.44. The van der Waals surface area contributed by atoms with Crippen LogP contribution in [0.3, 0.4) is 0 Å². The van der Waals surface area contributed by atoms with E-state index < -0.39 is 0 Å². The molecule has 0 spiro atoms. The Morgan fingerprint density at radius 1 is 1.23 bits per heavy atom. The van der Waals surface area contributed by atoms with Crippen LogP contribution in [0.4, 0.5) is 0 Å². The molecule has 1 amide bonds. The van der Waals surface area contributed by atoms with Crippen LogP contribution in [0.1, 0.15) is 56.7 Å². The molecule has 0 radical (unpaired) electrons. The molecule has 2 fully saturated rings. The molecule has 0 atom stereocenters. The van der Waals surface area contributed by atoms with Gasteiger partial charge in [-0.2, -0.15) is 4.98 Å². The standard InChI is InChI=1S/C16H25N3O3/c1-12-17-15(22-18-12)11-21-14-7-9-19(10-8-14)16(20)13-5-3-2-4-6-13/h13-14H,2-11H2,1H3. The first-order valence-corrected chi connectivity index (χ1v) is 8.42. The highest BCUT2D eigenvalue weighted by Crippen LogP contribution is 2.27. The second kappa shape index (κ2) is 7.22.